The standard InChI is InChI=1S/C43H52N4O8S2/c1-31-7-16-38(17-8-31)56(48,49)46-28-43(55-29-34-11-20-42-41(26-34)45(22-24-54-42)21-6-23-52-4)40(35-12-14-37(53-5)15-13-35)27-36(46)25-33(3)47(30-44)57(50,51)39-18-9-32(2)10-19-39/h7-20,26,33,36,40,43H,6,21-25,27-29H2,1-5H3/t33?,36?,40?,43-/m0/s1. The lowest BCUT2D eigenvalue weighted by molar-refractivity contribution is -0.0222. The van der Waals surface area contributed by atoms with Crippen molar-refractivity contribution in [3.8, 4) is 17.7 Å². The van der Waals surface area contributed by atoms with E-state index in [1.54, 1.807) is 57.5 Å². The Morgan fingerprint density at radius 2 is 1.58 bits per heavy atom. The van der Waals surface area contributed by atoms with Gasteiger partial charge in [0.05, 0.1) is 47.9 Å². The summed E-state index contributed by atoms with van der Waals surface area (Å²) >= 11 is 0. The maximum Gasteiger partial charge on any atom is 0.272 e. The molecule has 4 aromatic carbocycles. The molecule has 12 nitrogen and oxygen atoms in total. The average Bonchev–Trinajstić information content (AvgIpc) is 3.20. The molecule has 14 heteroatoms. The van der Waals surface area contributed by atoms with Gasteiger partial charge in [0.15, 0.2) is 6.19 Å². The van der Waals surface area contributed by atoms with Crippen LogP contribution in [0.3, 0.4) is 0 Å². The van der Waals surface area contributed by atoms with Gasteiger partial charge in [-0.1, -0.05) is 53.6 Å². The molecule has 0 amide bonds. The van der Waals surface area contributed by atoms with Gasteiger partial charge in [-0.3, -0.25) is 0 Å². The highest BCUT2D eigenvalue weighted by Gasteiger charge is 2.44. The molecule has 4 atom stereocenters. The Morgan fingerprint density at radius 3 is 2.21 bits per heavy atom. The van der Waals surface area contributed by atoms with Crippen LogP contribution in [-0.4, -0.2) is 90.7 Å². The molecular formula is C43H52N4O8S2. The first kappa shape index (κ1) is 42.0. The number of anilines is 1. The van der Waals surface area contributed by atoms with Crippen LogP contribution in [0.15, 0.2) is 101 Å². The summed E-state index contributed by atoms with van der Waals surface area (Å²) in [7, 11) is -5.04. The lowest BCUT2D eigenvalue weighted by Gasteiger charge is -2.44. The zero-order valence-corrected chi connectivity index (χ0v) is 34.8. The molecule has 2 aliphatic heterocycles. The number of sulfonamides is 2. The first-order chi connectivity index (χ1) is 27.3. The zero-order valence-electron chi connectivity index (χ0n) is 33.2. The van der Waals surface area contributed by atoms with Crippen molar-refractivity contribution in [1.29, 1.82) is 5.26 Å². The summed E-state index contributed by atoms with van der Waals surface area (Å²) in [6.07, 6.45) is 2.56. The Labute approximate surface area is 337 Å². The summed E-state index contributed by atoms with van der Waals surface area (Å²) in [6.45, 7) is 8.43. The highest BCUT2D eigenvalue weighted by molar-refractivity contribution is 7.89. The lowest BCUT2D eigenvalue weighted by Crippen LogP contribution is -2.54. The molecule has 0 aromatic heterocycles. The minimum atomic E-state index is -4.22. The SMILES string of the molecule is COCCCN1CCOc2ccc(CO[C@H]3CN(S(=O)(=O)c4ccc(C)cc4)C(CC(C)N(C#N)S(=O)(=O)c4ccc(C)cc4)CC3c3ccc(OC)cc3)cc21. The molecule has 3 unspecified atom stereocenters. The van der Waals surface area contributed by atoms with Gasteiger partial charge in [0.1, 0.15) is 18.1 Å². The van der Waals surface area contributed by atoms with Gasteiger partial charge >= 0.3 is 0 Å². The van der Waals surface area contributed by atoms with Crippen LogP contribution in [0.5, 0.6) is 11.5 Å². The third-order valence-corrected chi connectivity index (χ3v) is 14.6. The highest BCUT2D eigenvalue weighted by atomic mass is 32.2. The molecule has 0 saturated carbocycles. The second kappa shape index (κ2) is 18.3. The van der Waals surface area contributed by atoms with Crippen molar-refractivity contribution in [2.45, 2.75) is 80.5 Å². The molecule has 0 aliphatic carbocycles. The van der Waals surface area contributed by atoms with Crippen LogP contribution in [0, 0.1) is 25.3 Å². The Morgan fingerprint density at radius 1 is 0.912 bits per heavy atom. The van der Waals surface area contributed by atoms with E-state index >= 15 is 0 Å². The van der Waals surface area contributed by atoms with Crippen LogP contribution in [0.1, 0.15) is 54.4 Å². The molecule has 57 heavy (non-hydrogen) atoms. The molecule has 304 valence electrons. The zero-order chi connectivity index (χ0) is 40.7. The maximum absolute atomic E-state index is 14.7. The van der Waals surface area contributed by atoms with Gasteiger partial charge in [0.2, 0.25) is 10.0 Å². The van der Waals surface area contributed by atoms with Crippen LogP contribution in [-0.2, 0) is 36.1 Å². The predicted octanol–water partition coefficient (Wildman–Crippen LogP) is 6.63. The molecular weight excluding hydrogens is 765 g/mol. The molecule has 1 saturated heterocycles. The third-order valence-electron chi connectivity index (χ3n) is 10.8. The fourth-order valence-electron chi connectivity index (χ4n) is 7.69. The first-order valence-corrected chi connectivity index (χ1v) is 22.1. The van der Waals surface area contributed by atoms with Crippen molar-refractivity contribution in [3.05, 3.63) is 113 Å². The number of methoxy groups -OCH3 is 2. The van der Waals surface area contributed by atoms with Crippen LogP contribution < -0.4 is 14.4 Å². The van der Waals surface area contributed by atoms with Gasteiger partial charge < -0.3 is 23.8 Å². The molecule has 0 bridgehead atoms. The van der Waals surface area contributed by atoms with E-state index in [1.165, 1.54) is 16.4 Å². The molecule has 0 radical (unpaired) electrons. The van der Waals surface area contributed by atoms with E-state index in [0.717, 1.165) is 57.5 Å². The summed E-state index contributed by atoms with van der Waals surface area (Å²) in [5.74, 6) is 1.20. The van der Waals surface area contributed by atoms with Crippen molar-refractivity contribution in [1.82, 2.24) is 8.61 Å². The Kier molecular flexibility index (Phi) is 13.5. The number of nitrogens with zero attached hydrogens (tertiary/aromatic N) is 4. The Balaban J connectivity index is 1.34. The fraction of sp³-hybridized carbons (Fsp3) is 0.419. The van der Waals surface area contributed by atoms with Crippen LogP contribution in [0.2, 0.25) is 0 Å². The van der Waals surface area contributed by atoms with Crippen molar-refractivity contribution >= 4 is 25.7 Å². The Bertz CT molecular complexity index is 2230. The molecule has 1 fully saturated rings. The molecule has 0 N–H and O–H groups in total. The second-order valence-corrected chi connectivity index (χ2v) is 18.5. The molecule has 0 spiro atoms. The lowest BCUT2D eigenvalue weighted by atomic mass is 9.82. The fourth-order valence-corrected chi connectivity index (χ4v) is 10.7. The van der Waals surface area contributed by atoms with Gasteiger partial charge in [0, 0.05) is 38.8 Å². The number of rotatable bonds is 16. The van der Waals surface area contributed by atoms with E-state index in [9.17, 15) is 22.1 Å². The van der Waals surface area contributed by atoms with Gasteiger partial charge in [-0.15, -0.1) is 0 Å². The minimum absolute atomic E-state index is 0.00124. The smallest absolute Gasteiger partial charge is 0.272 e. The van der Waals surface area contributed by atoms with E-state index in [4.69, 9.17) is 18.9 Å². The van der Waals surface area contributed by atoms with Crippen molar-refractivity contribution < 1.29 is 35.8 Å². The first-order valence-electron chi connectivity index (χ1n) is 19.2. The van der Waals surface area contributed by atoms with E-state index in [2.05, 4.69) is 11.0 Å². The summed E-state index contributed by atoms with van der Waals surface area (Å²) in [5, 5.41) is 10.3. The summed E-state index contributed by atoms with van der Waals surface area (Å²) in [5.41, 5.74) is 4.62. The van der Waals surface area contributed by atoms with Crippen molar-refractivity contribution in [3.63, 3.8) is 0 Å². The minimum Gasteiger partial charge on any atom is -0.497 e. The van der Waals surface area contributed by atoms with Gasteiger partial charge in [0.25, 0.3) is 10.0 Å². The highest BCUT2D eigenvalue weighted by Crippen LogP contribution is 2.40. The van der Waals surface area contributed by atoms with Crippen LogP contribution >= 0.6 is 0 Å². The maximum atomic E-state index is 14.7. The predicted molar refractivity (Wildman–Crippen MR) is 218 cm³/mol. The van der Waals surface area contributed by atoms with Crippen molar-refractivity contribution in [2.24, 2.45) is 0 Å². The van der Waals surface area contributed by atoms with Gasteiger partial charge in [-0.2, -0.15) is 13.9 Å². The van der Waals surface area contributed by atoms with Gasteiger partial charge in [-0.05, 0) is 99.7 Å². The third kappa shape index (κ3) is 9.56. The Hall–Kier alpha value is -4.65. The van der Waals surface area contributed by atoms with Gasteiger partial charge in [-0.25, -0.2) is 16.8 Å². The largest absolute Gasteiger partial charge is 0.497 e. The number of aryl methyl sites for hydroxylation is 2. The molecule has 4 aromatic rings. The number of hydrogen-bond donors (Lipinski definition) is 0. The van der Waals surface area contributed by atoms with Crippen molar-refractivity contribution in [2.75, 3.05) is 52.0 Å². The topological polar surface area (TPSA) is 139 Å². The van der Waals surface area contributed by atoms with E-state index < -0.39 is 38.2 Å². The summed E-state index contributed by atoms with van der Waals surface area (Å²) in [6, 6.07) is 25.1. The summed E-state index contributed by atoms with van der Waals surface area (Å²) < 4.78 is 82.6. The normalized spacial score (nSPS) is 19.2. The number of benzene rings is 4. The monoisotopic (exact) mass is 816 g/mol. The summed E-state index contributed by atoms with van der Waals surface area (Å²) in [4.78, 5) is 2.40. The molecule has 6 rings (SSSR count). The van der Waals surface area contributed by atoms with Crippen LogP contribution in [0.25, 0.3) is 0 Å². The number of hydrogen-bond acceptors (Lipinski definition) is 10. The van der Waals surface area contributed by atoms with E-state index in [-0.39, 0.29) is 35.3 Å². The number of ether oxygens (including phenoxy) is 4. The molecule has 2 aliphatic rings. The van der Waals surface area contributed by atoms with Crippen LogP contribution in [0.4, 0.5) is 5.69 Å². The second-order valence-electron chi connectivity index (χ2n) is 14.8. The number of piperidine rings is 1. The quantitative estimate of drug-likeness (QED) is 0.0688. The van der Waals surface area contributed by atoms with E-state index in [1.807, 2.05) is 56.4 Å². The molecule has 2 heterocycles. The number of nitriles is 1. The van der Waals surface area contributed by atoms with E-state index in [0.29, 0.717) is 25.4 Å². The number of fused-ring (bicyclic) bond motifs is 1. The average molecular weight is 817 g/mol.